The topological polar surface area (TPSA) is 79.0 Å². The highest BCUT2D eigenvalue weighted by molar-refractivity contribution is 7.90. The summed E-state index contributed by atoms with van der Waals surface area (Å²) >= 11 is 0. The lowest BCUT2D eigenvalue weighted by Gasteiger charge is -2.38. The van der Waals surface area contributed by atoms with Crippen LogP contribution in [0.5, 0.6) is 0 Å². The van der Waals surface area contributed by atoms with E-state index in [0.29, 0.717) is 12.2 Å². The number of morpholine rings is 1. The van der Waals surface area contributed by atoms with Gasteiger partial charge in [-0.2, -0.15) is 0 Å². The maximum absolute atomic E-state index is 12.8. The van der Waals surface area contributed by atoms with Crippen LogP contribution in [0.3, 0.4) is 0 Å². The van der Waals surface area contributed by atoms with Gasteiger partial charge in [-0.05, 0) is 39.8 Å². The summed E-state index contributed by atoms with van der Waals surface area (Å²) in [6.45, 7) is 9.59. The van der Waals surface area contributed by atoms with E-state index in [-0.39, 0.29) is 24.0 Å². The molecule has 2 rings (SSSR count). The molecule has 1 fully saturated rings. The van der Waals surface area contributed by atoms with Gasteiger partial charge in [0.15, 0.2) is 0 Å². The fraction of sp³-hybridized carbons (Fsp3) is 0.632. The van der Waals surface area contributed by atoms with E-state index in [1.165, 1.54) is 6.26 Å². The minimum Gasteiger partial charge on any atom is -0.372 e. The van der Waals surface area contributed by atoms with E-state index in [9.17, 15) is 13.2 Å². The minimum absolute atomic E-state index is 0.0611. The van der Waals surface area contributed by atoms with Crippen molar-refractivity contribution in [3.63, 3.8) is 0 Å². The van der Waals surface area contributed by atoms with Gasteiger partial charge in [-0.3, -0.25) is 0 Å². The zero-order chi connectivity index (χ0) is 20.2. The average Bonchev–Trinajstić information content (AvgIpc) is 2.53. The third-order valence-electron chi connectivity index (χ3n) is 4.58. The summed E-state index contributed by atoms with van der Waals surface area (Å²) in [6, 6.07) is 6.97. The molecule has 0 spiro atoms. The maximum atomic E-state index is 12.8. The Morgan fingerprint density at radius 3 is 2.44 bits per heavy atom. The van der Waals surface area contributed by atoms with Gasteiger partial charge >= 0.3 is 6.03 Å². The van der Waals surface area contributed by atoms with Crippen molar-refractivity contribution in [3.05, 3.63) is 24.3 Å². The van der Waals surface area contributed by atoms with Gasteiger partial charge in [0.25, 0.3) is 0 Å². The fourth-order valence-corrected chi connectivity index (χ4v) is 4.66. The lowest BCUT2D eigenvalue weighted by atomic mass is 10.1. The molecule has 3 atom stereocenters. The molecule has 1 aliphatic heterocycles. The van der Waals surface area contributed by atoms with Crippen molar-refractivity contribution in [3.8, 4) is 0 Å². The molecule has 8 heteroatoms. The van der Waals surface area contributed by atoms with Crippen LogP contribution in [0.2, 0.25) is 0 Å². The number of anilines is 2. The van der Waals surface area contributed by atoms with Crippen LogP contribution in [-0.4, -0.2) is 69.2 Å². The van der Waals surface area contributed by atoms with Gasteiger partial charge in [0, 0.05) is 31.9 Å². The van der Waals surface area contributed by atoms with Crippen LogP contribution in [0.4, 0.5) is 16.2 Å². The lowest BCUT2D eigenvalue weighted by molar-refractivity contribution is -0.00517. The lowest BCUT2D eigenvalue weighted by Crippen LogP contribution is -2.46. The first kappa shape index (κ1) is 21.5. The number of carbonyl (C=O) groups excluding carboxylic acids is 1. The zero-order valence-electron chi connectivity index (χ0n) is 16.8. The Morgan fingerprint density at radius 2 is 1.89 bits per heavy atom. The Bertz CT molecular complexity index is 743. The fourth-order valence-electron chi connectivity index (χ4n) is 3.60. The third kappa shape index (κ3) is 6.10. The molecule has 27 heavy (non-hydrogen) atoms. The quantitative estimate of drug-likeness (QED) is 0.798. The molecular weight excluding hydrogens is 366 g/mol. The molecule has 7 nitrogen and oxygen atoms in total. The van der Waals surface area contributed by atoms with Gasteiger partial charge in [-0.15, -0.1) is 0 Å². The number of hydrogen-bond acceptors (Lipinski definition) is 5. The number of hydrogen-bond donors (Lipinski definition) is 1. The minimum atomic E-state index is -3.17. The number of nitrogens with one attached hydrogen (secondary N) is 1. The monoisotopic (exact) mass is 397 g/mol. The van der Waals surface area contributed by atoms with Gasteiger partial charge in [-0.1, -0.05) is 12.1 Å². The molecule has 1 saturated heterocycles. The Balaban J connectivity index is 2.18. The first-order valence-corrected chi connectivity index (χ1v) is 11.4. The molecule has 0 aromatic heterocycles. The molecule has 0 bridgehead atoms. The second-order valence-corrected chi connectivity index (χ2v) is 9.52. The SMILES string of the molecule is CCN(C(=O)Nc1ccccc1N1C[C@@H](C)O[C@@H](C)C1)[C@H](C)CS(C)(=O)=O. The van der Waals surface area contributed by atoms with E-state index in [4.69, 9.17) is 4.74 Å². The molecule has 1 N–H and O–H groups in total. The smallest absolute Gasteiger partial charge is 0.322 e. The predicted molar refractivity (Wildman–Crippen MR) is 109 cm³/mol. The summed E-state index contributed by atoms with van der Waals surface area (Å²) in [4.78, 5) is 16.6. The molecule has 2 amide bonds. The van der Waals surface area contributed by atoms with E-state index in [1.54, 1.807) is 11.8 Å². The largest absolute Gasteiger partial charge is 0.372 e. The van der Waals surface area contributed by atoms with Crippen LogP contribution in [0.15, 0.2) is 24.3 Å². The molecule has 0 unspecified atom stereocenters. The number of nitrogens with zero attached hydrogens (tertiary/aromatic N) is 2. The predicted octanol–water partition coefficient (Wildman–Crippen LogP) is 2.59. The number of amides is 2. The Kier molecular flexibility index (Phi) is 7.11. The van der Waals surface area contributed by atoms with Crippen LogP contribution >= 0.6 is 0 Å². The third-order valence-corrected chi connectivity index (χ3v) is 5.67. The van der Waals surface area contributed by atoms with Crippen LogP contribution in [0.1, 0.15) is 27.7 Å². The Morgan fingerprint density at radius 1 is 1.30 bits per heavy atom. The van der Waals surface area contributed by atoms with Gasteiger partial charge in [0.2, 0.25) is 0 Å². The van der Waals surface area contributed by atoms with Gasteiger partial charge in [-0.25, -0.2) is 13.2 Å². The van der Waals surface area contributed by atoms with E-state index in [0.717, 1.165) is 18.8 Å². The molecule has 0 radical (unpaired) electrons. The summed E-state index contributed by atoms with van der Waals surface area (Å²) in [7, 11) is -3.17. The normalized spacial score (nSPS) is 21.6. The van der Waals surface area contributed by atoms with E-state index in [1.807, 2.05) is 45.0 Å². The number of rotatable bonds is 6. The van der Waals surface area contributed by atoms with Crippen LogP contribution in [-0.2, 0) is 14.6 Å². The molecule has 1 aromatic rings. The van der Waals surface area contributed by atoms with E-state index in [2.05, 4.69) is 10.2 Å². The number of benzene rings is 1. The van der Waals surface area contributed by atoms with Crippen molar-refractivity contribution in [2.45, 2.75) is 45.9 Å². The molecule has 0 saturated carbocycles. The van der Waals surface area contributed by atoms with Gasteiger partial charge < -0.3 is 19.9 Å². The van der Waals surface area contributed by atoms with Crippen LogP contribution < -0.4 is 10.2 Å². The second kappa shape index (κ2) is 8.93. The van der Waals surface area contributed by atoms with Crippen LogP contribution in [0, 0.1) is 0 Å². The molecule has 1 aromatic carbocycles. The average molecular weight is 398 g/mol. The Labute approximate surface area is 162 Å². The standard InChI is InChI=1S/C19H31N3O4S/c1-6-22(14(2)13-27(5,24)25)19(23)20-17-9-7-8-10-18(17)21-11-15(3)26-16(4)12-21/h7-10,14-16H,6,11-13H2,1-5H3,(H,20,23)/t14-,15-,16+/m1/s1. The highest BCUT2D eigenvalue weighted by Crippen LogP contribution is 2.29. The summed E-state index contributed by atoms with van der Waals surface area (Å²) < 4.78 is 29.0. The van der Waals surface area contributed by atoms with Crippen molar-refractivity contribution in [1.82, 2.24) is 4.90 Å². The molecule has 1 heterocycles. The molecular formula is C19H31N3O4S. The van der Waals surface area contributed by atoms with Crippen LogP contribution in [0.25, 0.3) is 0 Å². The van der Waals surface area contributed by atoms with E-state index >= 15 is 0 Å². The zero-order valence-corrected chi connectivity index (χ0v) is 17.6. The second-order valence-electron chi connectivity index (χ2n) is 7.34. The Hall–Kier alpha value is -1.80. The summed E-state index contributed by atoms with van der Waals surface area (Å²) in [5.74, 6) is -0.0611. The van der Waals surface area contributed by atoms with Gasteiger partial charge in [0.05, 0.1) is 29.3 Å². The van der Waals surface area contributed by atoms with Crippen molar-refractivity contribution < 1.29 is 17.9 Å². The number of ether oxygens (including phenoxy) is 1. The molecule has 0 aliphatic carbocycles. The van der Waals surface area contributed by atoms with Crippen molar-refractivity contribution >= 4 is 27.2 Å². The summed E-state index contributed by atoms with van der Waals surface area (Å²) in [5, 5.41) is 2.96. The first-order valence-electron chi connectivity index (χ1n) is 9.35. The highest BCUT2D eigenvalue weighted by Gasteiger charge is 2.26. The number of para-hydroxylation sites is 2. The summed E-state index contributed by atoms with van der Waals surface area (Å²) in [5.41, 5.74) is 1.66. The number of sulfone groups is 1. The number of urea groups is 1. The summed E-state index contributed by atoms with van der Waals surface area (Å²) in [6.07, 6.45) is 1.41. The van der Waals surface area contributed by atoms with Crippen molar-refractivity contribution in [2.75, 3.05) is 41.9 Å². The van der Waals surface area contributed by atoms with Crippen molar-refractivity contribution in [2.24, 2.45) is 0 Å². The molecule has 152 valence electrons. The van der Waals surface area contributed by atoms with Crippen molar-refractivity contribution in [1.29, 1.82) is 0 Å². The maximum Gasteiger partial charge on any atom is 0.322 e. The highest BCUT2D eigenvalue weighted by atomic mass is 32.2. The van der Waals surface area contributed by atoms with E-state index < -0.39 is 15.9 Å². The first-order chi connectivity index (χ1) is 12.6. The number of carbonyl (C=O) groups is 1. The molecule has 1 aliphatic rings. The van der Waals surface area contributed by atoms with Gasteiger partial charge in [0.1, 0.15) is 9.84 Å².